The standard InChI is InChI=1S/C19H23N7O13P2/c20-19-24-16-13(17(28)25-19)23-7-26(16)18-15-14(27)10(36-18)5-34-40(29,30)38-8-3-12(37-11-1-2-21-6-22-11)35-9(8)4-33-41(31,32)39-15/h1-2,6-10,12,14-15,18,27H,3-5H2,(H,29,30)(H,31,32)(H3,20,24,25,28)/t8-,9+,10+,12-,14+,15+,18+/m0/s1. The van der Waals surface area contributed by atoms with Gasteiger partial charge in [-0.1, -0.05) is 0 Å². The van der Waals surface area contributed by atoms with Crippen LogP contribution >= 0.6 is 15.6 Å². The summed E-state index contributed by atoms with van der Waals surface area (Å²) in [6.45, 7) is -1.38. The molecule has 0 saturated carbocycles. The van der Waals surface area contributed by atoms with E-state index >= 15 is 0 Å². The quantitative estimate of drug-likeness (QED) is 0.219. The van der Waals surface area contributed by atoms with Gasteiger partial charge in [-0.25, -0.2) is 24.1 Å². The molecule has 0 aliphatic carbocycles. The number of nitrogens with zero attached hydrogens (tertiary/aromatic N) is 5. The number of aliphatic hydroxyl groups excluding tert-OH is 1. The number of phosphoric acid groups is 2. The Balaban J connectivity index is 1.28. The second-order valence-corrected chi connectivity index (χ2v) is 11.9. The Morgan fingerprint density at radius 2 is 1.83 bits per heavy atom. The summed E-state index contributed by atoms with van der Waals surface area (Å²) in [5, 5.41) is 10.9. The van der Waals surface area contributed by atoms with Crippen LogP contribution in [0.3, 0.4) is 0 Å². The van der Waals surface area contributed by atoms with Gasteiger partial charge in [0.15, 0.2) is 17.4 Å². The van der Waals surface area contributed by atoms with E-state index in [1.54, 1.807) is 0 Å². The second kappa shape index (κ2) is 10.8. The van der Waals surface area contributed by atoms with Gasteiger partial charge in [-0.05, 0) is 0 Å². The number of aromatic amines is 1. The fourth-order valence-corrected chi connectivity index (χ4v) is 6.43. The molecule has 222 valence electrons. The highest BCUT2D eigenvalue weighted by molar-refractivity contribution is 7.47. The second-order valence-electron chi connectivity index (χ2n) is 9.08. The van der Waals surface area contributed by atoms with Crippen LogP contribution in [-0.2, 0) is 36.7 Å². The van der Waals surface area contributed by atoms with Gasteiger partial charge >= 0.3 is 15.6 Å². The summed E-state index contributed by atoms with van der Waals surface area (Å²) in [4.78, 5) is 51.1. The Bertz CT molecular complexity index is 1570. The lowest BCUT2D eigenvalue weighted by molar-refractivity contribution is -0.0976. The number of anilines is 1. The number of hydrogen-bond acceptors (Lipinski definition) is 16. The number of nitrogen functional groups attached to an aromatic ring is 1. The van der Waals surface area contributed by atoms with E-state index in [1.165, 1.54) is 18.6 Å². The normalized spacial score (nSPS) is 38.1. The lowest BCUT2D eigenvalue weighted by Gasteiger charge is -2.25. The number of nitrogens with one attached hydrogen (secondary N) is 1. The summed E-state index contributed by atoms with van der Waals surface area (Å²) in [5.74, 6) is -0.122. The van der Waals surface area contributed by atoms with Gasteiger partial charge in [0.25, 0.3) is 5.56 Å². The zero-order valence-electron chi connectivity index (χ0n) is 20.6. The summed E-state index contributed by atoms with van der Waals surface area (Å²) < 4.78 is 64.8. The first-order valence-electron chi connectivity index (χ1n) is 11.9. The lowest BCUT2D eigenvalue weighted by Crippen LogP contribution is -2.35. The first kappa shape index (κ1) is 28.3. The van der Waals surface area contributed by atoms with E-state index in [1.807, 2.05) is 0 Å². The Kier molecular flexibility index (Phi) is 7.41. The molecule has 0 amide bonds. The summed E-state index contributed by atoms with van der Waals surface area (Å²) in [6, 6.07) is 1.45. The Labute approximate surface area is 228 Å². The molecular formula is C19H23N7O13P2. The van der Waals surface area contributed by atoms with Crippen LogP contribution in [0.15, 0.2) is 29.7 Å². The minimum absolute atomic E-state index is 0.0958. The molecule has 3 aromatic heterocycles. The Morgan fingerprint density at radius 3 is 2.59 bits per heavy atom. The molecule has 2 unspecified atom stereocenters. The molecule has 20 nitrogen and oxygen atoms in total. The van der Waals surface area contributed by atoms with Crippen molar-refractivity contribution in [1.29, 1.82) is 0 Å². The highest BCUT2D eigenvalue weighted by Gasteiger charge is 2.52. The molecule has 6 rings (SSSR count). The van der Waals surface area contributed by atoms with Gasteiger partial charge in [0.1, 0.15) is 36.8 Å². The zero-order valence-corrected chi connectivity index (χ0v) is 22.4. The van der Waals surface area contributed by atoms with E-state index in [2.05, 4.69) is 24.9 Å². The minimum atomic E-state index is -4.98. The third-order valence-corrected chi connectivity index (χ3v) is 8.34. The zero-order chi connectivity index (χ0) is 28.9. The van der Waals surface area contributed by atoms with Crippen LogP contribution in [0.1, 0.15) is 12.6 Å². The maximum Gasteiger partial charge on any atom is 0.472 e. The van der Waals surface area contributed by atoms with Crippen molar-refractivity contribution in [3.63, 3.8) is 0 Å². The molecule has 3 saturated heterocycles. The highest BCUT2D eigenvalue weighted by Crippen LogP contribution is 2.53. The molecule has 0 aromatic carbocycles. The number of H-pyrrole nitrogens is 1. The third-order valence-electron chi connectivity index (χ3n) is 6.34. The number of hydrogen-bond donors (Lipinski definition) is 5. The molecule has 22 heteroatoms. The fraction of sp³-hybridized carbons (Fsp3) is 0.526. The van der Waals surface area contributed by atoms with Crippen molar-refractivity contribution >= 4 is 32.8 Å². The van der Waals surface area contributed by atoms with Crippen LogP contribution in [0, 0.1) is 0 Å². The van der Waals surface area contributed by atoms with Crippen LogP contribution in [0.5, 0.6) is 5.88 Å². The Morgan fingerprint density at radius 1 is 1.07 bits per heavy atom. The van der Waals surface area contributed by atoms with Gasteiger partial charge < -0.3 is 34.8 Å². The van der Waals surface area contributed by atoms with Crippen LogP contribution < -0.4 is 16.0 Å². The minimum Gasteiger partial charge on any atom is -0.448 e. The predicted molar refractivity (Wildman–Crippen MR) is 130 cm³/mol. The number of aromatic nitrogens is 6. The number of imidazole rings is 1. The van der Waals surface area contributed by atoms with Gasteiger partial charge in [-0.2, -0.15) is 4.98 Å². The van der Waals surface area contributed by atoms with Gasteiger partial charge in [-0.3, -0.25) is 32.4 Å². The van der Waals surface area contributed by atoms with Crippen molar-refractivity contribution in [2.45, 2.75) is 49.5 Å². The summed E-state index contributed by atoms with van der Waals surface area (Å²) >= 11 is 0. The van der Waals surface area contributed by atoms with Crippen LogP contribution in [0.4, 0.5) is 5.95 Å². The van der Waals surface area contributed by atoms with E-state index in [4.69, 9.17) is 38.0 Å². The van der Waals surface area contributed by atoms with E-state index in [0.29, 0.717) is 0 Å². The molecule has 0 radical (unpaired) electrons. The summed E-state index contributed by atoms with van der Waals surface area (Å²) in [5.41, 5.74) is 4.72. The fourth-order valence-electron chi connectivity index (χ4n) is 4.54. The lowest BCUT2D eigenvalue weighted by atomic mass is 10.1. The number of aliphatic hydroxyl groups is 1. The van der Waals surface area contributed by atoms with Crippen LogP contribution in [0.2, 0.25) is 0 Å². The van der Waals surface area contributed by atoms with Crippen molar-refractivity contribution in [3.8, 4) is 5.88 Å². The number of ether oxygens (including phenoxy) is 3. The molecule has 0 spiro atoms. The van der Waals surface area contributed by atoms with Gasteiger partial charge in [-0.15, -0.1) is 0 Å². The summed E-state index contributed by atoms with van der Waals surface area (Å²) in [7, 11) is -9.81. The van der Waals surface area contributed by atoms with Crippen molar-refractivity contribution < 1.29 is 56.3 Å². The number of fused-ring (bicyclic) bond motifs is 4. The Hall–Kier alpha value is -2.87. The number of nitrogens with two attached hydrogens (primary N) is 1. The van der Waals surface area contributed by atoms with Gasteiger partial charge in [0.2, 0.25) is 18.1 Å². The number of phosphoric ester groups is 2. The SMILES string of the molecule is Nc1nc2c(ncn2[C@@H]2O[C@@H]3COP(=O)(O)O[C@H]4C[C@H](Oc5ccncn5)O[C@@H]4COP(=O)(O)O[C@@H]2[C@@H]3O)c(=O)[nH]1. The first-order chi connectivity index (χ1) is 19.5. The van der Waals surface area contributed by atoms with Crippen molar-refractivity contribution in [2.75, 3.05) is 18.9 Å². The van der Waals surface area contributed by atoms with E-state index < -0.39 is 77.5 Å². The molecule has 6 N–H and O–H groups in total. The molecule has 6 heterocycles. The summed E-state index contributed by atoms with van der Waals surface area (Å²) in [6.07, 6.45) is -5.95. The van der Waals surface area contributed by atoms with E-state index in [-0.39, 0.29) is 29.4 Å². The molecule has 3 fully saturated rings. The maximum atomic E-state index is 13.0. The molecule has 3 aliphatic rings. The molecule has 3 aromatic rings. The van der Waals surface area contributed by atoms with Gasteiger partial charge in [0, 0.05) is 18.7 Å². The molecule has 41 heavy (non-hydrogen) atoms. The van der Waals surface area contributed by atoms with E-state index in [9.17, 15) is 28.8 Å². The molecule has 9 atom stereocenters. The smallest absolute Gasteiger partial charge is 0.448 e. The van der Waals surface area contributed by atoms with Crippen LogP contribution in [-0.4, -0.2) is 94.4 Å². The highest BCUT2D eigenvalue weighted by atomic mass is 31.2. The van der Waals surface area contributed by atoms with E-state index in [0.717, 1.165) is 10.9 Å². The largest absolute Gasteiger partial charge is 0.472 e. The topological polar surface area (TPSA) is 275 Å². The monoisotopic (exact) mass is 619 g/mol. The average molecular weight is 619 g/mol. The van der Waals surface area contributed by atoms with Crippen molar-refractivity contribution in [3.05, 3.63) is 35.3 Å². The van der Waals surface area contributed by atoms with Crippen LogP contribution in [0.25, 0.3) is 11.2 Å². The molecule has 2 bridgehead atoms. The third kappa shape index (κ3) is 5.90. The molecule has 3 aliphatic heterocycles. The van der Waals surface area contributed by atoms with Crippen molar-refractivity contribution in [1.82, 2.24) is 29.5 Å². The van der Waals surface area contributed by atoms with Crippen molar-refractivity contribution in [2.24, 2.45) is 0 Å². The predicted octanol–water partition coefficient (Wildman–Crippen LogP) is -1.04. The maximum absolute atomic E-state index is 13.0. The van der Waals surface area contributed by atoms with Gasteiger partial charge in [0.05, 0.1) is 19.5 Å². The first-order valence-corrected chi connectivity index (χ1v) is 14.9. The average Bonchev–Trinajstić information content (AvgIpc) is 3.57. The number of rotatable bonds is 3. The molecular weight excluding hydrogens is 596 g/mol.